The number of nitrogens with zero attached hydrogens (tertiary/aromatic N) is 4. The highest BCUT2D eigenvalue weighted by atomic mass is 14.9. The highest BCUT2D eigenvalue weighted by Gasteiger charge is 2.20. The molecular formula is C83H86N4+4. The molecule has 4 nitrogen and oxygen atoms in total. The van der Waals surface area contributed by atoms with Crippen molar-refractivity contribution in [1.82, 2.24) is 0 Å². The van der Waals surface area contributed by atoms with E-state index >= 15 is 0 Å². The van der Waals surface area contributed by atoms with Crippen molar-refractivity contribution in [2.75, 3.05) is 0 Å². The van der Waals surface area contributed by atoms with E-state index in [0.29, 0.717) is 16.7 Å². The highest BCUT2D eigenvalue weighted by Crippen LogP contribution is 2.32. The van der Waals surface area contributed by atoms with E-state index in [2.05, 4.69) is 221 Å². The smallest absolute Gasteiger partial charge is 0.201 e. The van der Waals surface area contributed by atoms with Crippen LogP contribution in [-0.4, -0.2) is 0 Å². The van der Waals surface area contributed by atoms with E-state index in [0.717, 1.165) is 39.2 Å². The second-order valence-electron chi connectivity index (χ2n) is 22.9. The Morgan fingerprint density at radius 3 is 1.03 bits per heavy atom. The molecule has 0 saturated heterocycles. The zero-order valence-corrected chi connectivity index (χ0v) is 52.5. The van der Waals surface area contributed by atoms with Gasteiger partial charge in [-0.3, -0.25) is 0 Å². The summed E-state index contributed by atoms with van der Waals surface area (Å²) in [7, 11) is 8.05. The molecule has 0 aliphatic heterocycles. The first-order valence-electron chi connectivity index (χ1n) is 34.1. The molecule has 0 amide bonds. The fraction of sp³-hybridized carbons (Fsp3) is 0.181. The predicted octanol–water partition coefficient (Wildman–Crippen LogP) is 18.8. The summed E-state index contributed by atoms with van der Waals surface area (Å²) in [6.45, 7) is 10.3. The van der Waals surface area contributed by atoms with E-state index in [1.807, 2.05) is 81.6 Å². The number of aryl methyl sites for hydroxylation is 15. The van der Waals surface area contributed by atoms with E-state index in [4.69, 9.17) is 12.3 Å². The van der Waals surface area contributed by atoms with Gasteiger partial charge in [0.05, 0.1) is 0 Å². The van der Waals surface area contributed by atoms with Gasteiger partial charge in [-0.25, -0.2) is 18.3 Å². The van der Waals surface area contributed by atoms with Gasteiger partial charge in [-0.1, -0.05) is 187 Å². The molecule has 434 valence electrons. The standard InChI is InChI=1S/3C21H22N.C20H20N/c2*1-15-10-11-19(16(2)12-15)21-13-20(17(3)14-22(21)4)18-8-6-5-7-9-18;1-15-10-11-19(16(2)12-15)21-13-17(3)20(14-22(21)4)18-8-6-5-7-9-18;1-15-9-12-20(21(3)14-15)19-11-10-18(13-16(19)2)17-7-5-4-6-8-17/h3*5-14H,1-4H3;4-14H,1-3H3/q4*+1/i1D3,3D3;;1D3;. The van der Waals surface area contributed by atoms with E-state index in [9.17, 15) is 0 Å². The summed E-state index contributed by atoms with van der Waals surface area (Å²) in [5, 5.41) is 0. The number of benzene rings is 8. The molecule has 0 unspecified atom stereocenters. The third kappa shape index (κ3) is 15.1. The van der Waals surface area contributed by atoms with Gasteiger partial charge in [-0.05, 0) is 173 Å². The fourth-order valence-electron chi connectivity index (χ4n) is 11.5. The molecule has 4 heterocycles. The summed E-state index contributed by atoms with van der Waals surface area (Å²) in [5.41, 5.74) is 28.3. The van der Waals surface area contributed by atoms with Gasteiger partial charge < -0.3 is 0 Å². The number of pyridine rings is 4. The normalized spacial score (nSPS) is 12.7. The summed E-state index contributed by atoms with van der Waals surface area (Å²) in [5.74, 6) is 0. The molecule has 0 aliphatic carbocycles. The average Bonchev–Trinajstić information content (AvgIpc) is 0.857. The highest BCUT2D eigenvalue weighted by molar-refractivity contribution is 5.75. The lowest BCUT2D eigenvalue weighted by Crippen LogP contribution is -2.31. The van der Waals surface area contributed by atoms with Crippen molar-refractivity contribution >= 4 is 0 Å². The minimum absolute atomic E-state index is 0.279. The molecular weight excluding hydrogens is 1050 g/mol. The lowest BCUT2D eigenvalue weighted by atomic mass is 9.97. The molecule has 12 aromatic rings. The Kier molecular flexibility index (Phi) is 16.3. The van der Waals surface area contributed by atoms with Crippen LogP contribution in [0, 0.1) is 75.9 Å². The number of hydrogen-bond acceptors (Lipinski definition) is 0. The van der Waals surface area contributed by atoms with E-state index < -0.39 is 20.6 Å². The largest absolute Gasteiger partial charge is 0.213 e. The topological polar surface area (TPSA) is 15.5 Å². The molecule has 4 aromatic heterocycles. The first-order valence-corrected chi connectivity index (χ1v) is 29.6. The molecule has 4 heteroatoms. The molecule has 8 aromatic carbocycles. The minimum Gasteiger partial charge on any atom is -0.201 e. The SMILES string of the molecule is Cc1ccc(-c2cc(-c3ccccc3)c(C)c[n+]2C)c(C)c1.Cc1ccc(-c2ccc(-c3ccccc3)cc2C)[n+](C)c1.[2H]C([2H])([2H])c1ccc(-c2cc(-c3ccccc3)c(C([2H])([2H])[2H])c[n+]2C)c(C)c1.[2H]C([2H])([2H])c1ccc(-c2cc(C)c(-c3ccccc3)c[n+]2C)c(C)c1. The molecule has 0 fully saturated rings. The van der Waals surface area contributed by atoms with Gasteiger partial charge >= 0.3 is 0 Å². The summed E-state index contributed by atoms with van der Waals surface area (Å²) < 4.78 is 77.6. The van der Waals surface area contributed by atoms with Gasteiger partial charge in [-0.15, -0.1) is 0 Å². The van der Waals surface area contributed by atoms with E-state index in [1.54, 1.807) is 48.1 Å². The second kappa shape index (κ2) is 28.0. The third-order valence-electron chi connectivity index (χ3n) is 16.0. The van der Waals surface area contributed by atoms with Gasteiger partial charge in [0.1, 0.15) is 28.2 Å². The summed E-state index contributed by atoms with van der Waals surface area (Å²) >= 11 is 0. The molecule has 0 spiro atoms. The lowest BCUT2D eigenvalue weighted by molar-refractivity contribution is -0.660. The summed E-state index contributed by atoms with van der Waals surface area (Å²) in [6.07, 6.45) is 8.16. The van der Waals surface area contributed by atoms with Crippen molar-refractivity contribution in [3.05, 3.63) is 310 Å². The van der Waals surface area contributed by atoms with Gasteiger partial charge in [0.25, 0.3) is 0 Å². The van der Waals surface area contributed by atoms with Crippen LogP contribution in [0.3, 0.4) is 0 Å². The maximum Gasteiger partial charge on any atom is 0.213 e. The molecule has 0 bridgehead atoms. The molecule has 0 radical (unpaired) electrons. The van der Waals surface area contributed by atoms with Crippen molar-refractivity contribution in [1.29, 1.82) is 0 Å². The second-order valence-corrected chi connectivity index (χ2v) is 22.9. The van der Waals surface area contributed by atoms with Gasteiger partial charge in [0.15, 0.2) is 24.8 Å². The Balaban J connectivity index is 0.000000151. The van der Waals surface area contributed by atoms with Crippen molar-refractivity contribution in [3.63, 3.8) is 0 Å². The zero-order valence-electron chi connectivity index (χ0n) is 61.5. The Labute approximate surface area is 532 Å². The van der Waals surface area contributed by atoms with Crippen LogP contribution in [0.2, 0.25) is 0 Å². The van der Waals surface area contributed by atoms with Crippen LogP contribution in [0.5, 0.6) is 0 Å². The molecule has 0 aliphatic rings. The molecule has 0 N–H and O–H groups in total. The van der Waals surface area contributed by atoms with Crippen molar-refractivity contribution in [2.45, 2.75) is 75.9 Å². The van der Waals surface area contributed by atoms with Crippen molar-refractivity contribution < 1.29 is 30.6 Å². The van der Waals surface area contributed by atoms with Crippen LogP contribution >= 0.6 is 0 Å². The van der Waals surface area contributed by atoms with Crippen LogP contribution in [0.1, 0.15) is 73.5 Å². The zero-order chi connectivity index (χ0) is 69.4. The van der Waals surface area contributed by atoms with Crippen molar-refractivity contribution in [3.8, 4) is 89.5 Å². The maximum absolute atomic E-state index is 7.93. The number of aromatic nitrogens is 4. The van der Waals surface area contributed by atoms with Gasteiger partial charge in [-0.2, -0.15) is 0 Å². The van der Waals surface area contributed by atoms with Gasteiger partial charge in [0.2, 0.25) is 22.8 Å². The molecule has 0 atom stereocenters. The molecule has 12 rings (SSSR count). The van der Waals surface area contributed by atoms with Crippen LogP contribution in [-0.2, 0) is 28.2 Å². The Hall–Kier alpha value is -9.64. The maximum atomic E-state index is 7.93. The van der Waals surface area contributed by atoms with Crippen LogP contribution < -0.4 is 18.3 Å². The third-order valence-corrected chi connectivity index (χ3v) is 16.0. The molecule has 87 heavy (non-hydrogen) atoms. The van der Waals surface area contributed by atoms with Crippen LogP contribution in [0.4, 0.5) is 0 Å². The minimum atomic E-state index is -2.25. The van der Waals surface area contributed by atoms with Crippen LogP contribution in [0.25, 0.3) is 89.5 Å². The number of rotatable bonds is 8. The van der Waals surface area contributed by atoms with Crippen molar-refractivity contribution in [2.24, 2.45) is 28.2 Å². The van der Waals surface area contributed by atoms with Crippen LogP contribution in [0.15, 0.2) is 249 Å². The first-order chi connectivity index (χ1) is 45.5. The lowest BCUT2D eigenvalue weighted by Gasteiger charge is -2.10. The number of hydrogen-bond donors (Lipinski definition) is 0. The summed E-state index contributed by atoms with van der Waals surface area (Å²) in [4.78, 5) is 0. The predicted molar refractivity (Wildman–Crippen MR) is 366 cm³/mol. The summed E-state index contributed by atoms with van der Waals surface area (Å²) in [6, 6.07) is 75.4. The monoisotopic (exact) mass is 1150 g/mol. The van der Waals surface area contributed by atoms with E-state index in [1.165, 1.54) is 89.3 Å². The first kappa shape index (κ1) is 50.7. The average molecular weight is 1150 g/mol. The van der Waals surface area contributed by atoms with Gasteiger partial charge in [0, 0.05) is 81.1 Å². The fourth-order valence-corrected chi connectivity index (χ4v) is 11.5. The Morgan fingerprint density at radius 1 is 0.218 bits per heavy atom. The Bertz CT molecular complexity index is 4710. The molecule has 0 saturated carbocycles. The quantitative estimate of drug-likeness (QED) is 0.135. The Morgan fingerprint density at radius 2 is 0.575 bits per heavy atom. The van der Waals surface area contributed by atoms with E-state index in [-0.39, 0.29) is 5.56 Å².